The van der Waals surface area contributed by atoms with Gasteiger partial charge in [-0.25, -0.2) is 0 Å². The number of halogens is 2. The third-order valence-corrected chi connectivity index (χ3v) is 5.62. The van der Waals surface area contributed by atoms with Gasteiger partial charge in [0.25, 0.3) is 0 Å². The highest BCUT2D eigenvalue weighted by Crippen LogP contribution is 2.37. The van der Waals surface area contributed by atoms with Crippen molar-refractivity contribution in [1.82, 2.24) is 0 Å². The molecule has 0 spiro atoms. The molecule has 0 aliphatic heterocycles. The molecule has 2 rings (SSSR count). The van der Waals surface area contributed by atoms with E-state index in [-0.39, 0.29) is 6.04 Å². The number of nitrogens with two attached hydrogens (primary N) is 1. The van der Waals surface area contributed by atoms with Crippen molar-refractivity contribution in [2.45, 2.75) is 26.8 Å². The molecule has 1 nitrogen and oxygen atoms in total. The minimum absolute atomic E-state index is 0.0822. The van der Waals surface area contributed by atoms with E-state index in [9.17, 15) is 0 Å². The summed E-state index contributed by atoms with van der Waals surface area (Å²) in [5.74, 6) is 0. The highest BCUT2D eigenvalue weighted by Gasteiger charge is 2.17. The molecule has 0 fully saturated rings. The van der Waals surface area contributed by atoms with E-state index in [1.165, 1.54) is 22.3 Å². The quantitative estimate of drug-likeness (QED) is 0.747. The lowest BCUT2D eigenvalue weighted by atomic mass is 9.93. The van der Waals surface area contributed by atoms with E-state index in [0.717, 1.165) is 13.1 Å². The average Bonchev–Trinajstić information content (AvgIpc) is 2.62. The summed E-state index contributed by atoms with van der Waals surface area (Å²) in [6, 6.07) is 6.42. The van der Waals surface area contributed by atoms with E-state index in [1.54, 1.807) is 11.3 Å². The molecule has 0 radical (unpaired) electrons. The van der Waals surface area contributed by atoms with Crippen LogP contribution in [0, 0.1) is 20.8 Å². The topological polar surface area (TPSA) is 26.0 Å². The molecule has 4 heteroatoms. The van der Waals surface area contributed by atoms with E-state index < -0.39 is 0 Å². The summed E-state index contributed by atoms with van der Waals surface area (Å²) >= 11 is 8.74. The maximum absolute atomic E-state index is 6.41. The van der Waals surface area contributed by atoms with Crippen LogP contribution in [0.4, 0.5) is 0 Å². The first kappa shape index (κ1) is 14.3. The first-order valence-corrected chi connectivity index (χ1v) is 8.08. The van der Waals surface area contributed by atoms with Crippen molar-refractivity contribution < 1.29 is 0 Å². The van der Waals surface area contributed by atoms with E-state index in [4.69, 9.17) is 5.73 Å². The van der Waals surface area contributed by atoms with Gasteiger partial charge >= 0.3 is 0 Å². The molecule has 1 heterocycles. The monoisotopic (exact) mass is 387 g/mol. The van der Waals surface area contributed by atoms with Gasteiger partial charge in [-0.3, -0.25) is 0 Å². The van der Waals surface area contributed by atoms with Crippen LogP contribution in [0.5, 0.6) is 0 Å². The molecule has 0 aliphatic rings. The van der Waals surface area contributed by atoms with Crippen molar-refractivity contribution >= 4 is 43.2 Å². The fourth-order valence-electron chi connectivity index (χ4n) is 2.05. The first-order chi connectivity index (χ1) is 8.40. The summed E-state index contributed by atoms with van der Waals surface area (Å²) in [5, 5.41) is 0. The van der Waals surface area contributed by atoms with E-state index in [0.29, 0.717) is 0 Å². The summed E-state index contributed by atoms with van der Waals surface area (Å²) in [4.78, 5) is 0. The van der Waals surface area contributed by atoms with Gasteiger partial charge in [-0.15, -0.1) is 11.3 Å². The molecule has 2 aromatic rings. The smallest absolute Gasteiger partial charge is 0.0761 e. The van der Waals surface area contributed by atoms with Gasteiger partial charge in [-0.2, -0.15) is 0 Å². The van der Waals surface area contributed by atoms with Crippen molar-refractivity contribution in [1.29, 1.82) is 0 Å². The van der Waals surface area contributed by atoms with E-state index in [1.807, 2.05) is 0 Å². The number of hydrogen-bond acceptors (Lipinski definition) is 2. The third-order valence-electron chi connectivity index (χ3n) is 3.24. The van der Waals surface area contributed by atoms with Gasteiger partial charge < -0.3 is 5.73 Å². The largest absolute Gasteiger partial charge is 0.320 e. The SMILES string of the molecule is Cc1cc(C)c(C(N)c2cc(Br)sc2Br)cc1C. The Bertz CT molecular complexity index is 590. The van der Waals surface area contributed by atoms with Gasteiger partial charge in [0.1, 0.15) is 0 Å². The number of thiophene rings is 1. The predicted octanol–water partition coefficient (Wildman–Crippen LogP) is 5.25. The Morgan fingerprint density at radius 3 is 2.11 bits per heavy atom. The van der Waals surface area contributed by atoms with Crippen molar-refractivity contribution in [3.05, 3.63) is 53.6 Å². The van der Waals surface area contributed by atoms with E-state index >= 15 is 0 Å². The van der Waals surface area contributed by atoms with Crippen LogP contribution in [-0.2, 0) is 0 Å². The summed E-state index contributed by atoms with van der Waals surface area (Å²) in [6.45, 7) is 6.38. The first-order valence-electron chi connectivity index (χ1n) is 5.68. The molecular formula is C14H15Br2NS. The van der Waals surface area contributed by atoms with Crippen LogP contribution in [0.1, 0.15) is 33.9 Å². The summed E-state index contributed by atoms with van der Waals surface area (Å²) in [7, 11) is 0. The van der Waals surface area contributed by atoms with Gasteiger partial charge in [0.2, 0.25) is 0 Å². The van der Waals surface area contributed by atoms with Crippen molar-refractivity contribution in [3.8, 4) is 0 Å². The molecule has 0 amide bonds. The van der Waals surface area contributed by atoms with Gasteiger partial charge in [0.15, 0.2) is 0 Å². The highest BCUT2D eigenvalue weighted by molar-refractivity contribution is 9.12. The molecule has 1 aromatic heterocycles. The minimum atomic E-state index is -0.0822. The molecule has 0 aliphatic carbocycles. The van der Waals surface area contributed by atoms with Crippen LogP contribution in [0.3, 0.4) is 0 Å². The van der Waals surface area contributed by atoms with Gasteiger partial charge in [-0.05, 0) is 86.5 Å². The Balaban J connectivity index is 2.49. The highest BCUT2D eigenvalue weighted by atomic mass is 79.9. The average molecular weight is 389 g/mol. The maximum atomic E-state index is 6.41. The lowest BCUT2D eigenvalue weighted by Crippen LogP contribution is -2.13. The van der Waals surface area contributed by atoms with Gasteiger partial charge in [0.05, 0.1) is 13.6 Å². The summed E-state index contributed by atoms with van der Waals surface area (Å²) in [6.07, 6.45) is 0. The molecule has 1 aromatic carbocycles. The lowest BCUT2D eigenvalue weighted by molar-refractivity contribution is 0.859. The molecule has 2 N–H and O–H groups in total. The number of aryl methyl sites for hydroxylation is 3. The van der Waals surface area contributed by atoms with Crippen LogP contribution in [-0.4, -0.2) is 0 Å². The second-order valence-corrected chi connectivity index (χ2v) is 8.30. The Kier molecular flexibility index (Phi) is 4.32. The lowest BCUT2D eigenvalue weighted by Gasteiger charge is -2.16. The standard InChI is InChI=1S/C14H15Br2NS/c1-7-4-9(3)10(5-8(7)2)13(17)11-6-12(15)18-14(11)16/h4-6,13H,17H2,1-3H3. The number of hydrogen-bond donors (Lipinski definition) is 1. The van der Waals surface area contributed by atoms with Crippen LogP contribution in [0.25, 0.3) is 0 Å². The molecule has 1 unspecified atom stereocenters. The van der Waals surface area contributed by atoms with Crippen LogP contribution in [0.15, 0.2) is 25.8 Å². The molecule has 1 atom stereocenters. The van der Waals surface area contributed by atoms with Crippen molar-refractivity contribution in [3.63, 3.8) is 0 Å². The van der Waals surface area contributed by atoms with Crippen LogP contribution < -0.4 is 5.73 Å². The Morgan fingerprint density at radius 1 is 0.944 bits per heavy atom. The molecule has 0 saturated carbocycles. The predicted molar refractivity (Wildman–Crippen MR) is 86.4 cm³/mol. The molecule has 0 bridgehead atoms. The molecule has 0 saturated heterocycles. The Morgan fingerprint density at radius 2 is 1.56 bits per heavy atom. The molecule has 96 valence electrons. The number of benzene rings is 1. The normalized spacial score (nSPS) is 12.8. The Hall–Kier alpha value is -0.160. The van der Waals surface area contributed by atoms with Crippen molar-refractivity contribution in [2.75, 3.05) is 0 Å². The van der Waals surface area contributed by atoms with Crippen LogP contribution >= 0.6 is 43.2 Å². The molecular weight excluding hydrogens is 374 g/mol. The Labute approximate surface area is 129 Å². The second kappa shape index (κ2) is 5.45. The maximum Gasteiger partial charge on any atom is 0.0761 e. The zero-order valence-electron chi connectivity index (χ0n) is 10.6. The second-order valence-electron chi connectivity index (χ2n) is 4.55. The summed E-state index contributed by atoms with van der Waals surface area (Å²) < 4.78 is 2.20. The third kappa shape index (κ3) is 2.72. The zero-order chi connectivity index (χ0) is 13.4. The minimum Gasteiger partial charge on any atom is -0.320 e. The molecule has 18 heavy (non-hydrogen) atoms. The van der Waals surface area contributed by atoms with E-state index in [2.05, 4.69) is 70.8 Å². The number of rotatable bonds is 2. The fraction of sp³-hybridized carbons (Fsp3) is 0.286. The summed E-state index contributed by atoms with van der Waals surface area (Å²) in [5.41, 5.74) is 12.6. The zero-order valence-corrected chi connectivity index (χ0v) is 14.5. The fourth-order valence-corrected chi connectivity index (χ4v) is 4.98. The van der Waals surface area contributed by atoms with Gasteiger partial charge in [-0.1, -0.05) is 12.1 Å². The van der Waals surface area contributed by atoms with Gasteiger partial charge in [0, 0.05) is 0 Å². The van der Waals surface area contributed by atoms with Crippen LogP contribution in [0.2, 0.25) is 0 Å². The van der Waals surface area contributed by atoms with Crippen molar-refractivity contribution in [2.24, 2.45) is 5.73 Å².